The Labute approximate surface area is 174 Å². The van der Waals surface area contributed by atoms with Gasteiger partial charge < -0.3 is 20.9 Å². The van der Waals surface area contributed by atoms with E-state index in [1.54, 1.807) is 6.07 Å². The van der Waals surface area contributed by atoms with Crippen LogP contribution in [0.15, 0.2) is 54.6 Å². The van der Waals surface area contributed by atoms with Crippen LogP contribution in [0.3, 0.4) is 0 Å². The number of H-pyrrole nitrogens is 1. The molecule has 1 aliphatic carbocycles. The molecule has 7 heteroatoms. The molecule has 1 unspecified atom stereocenters. The fraction of sp³-hybridized carbons (Fsp3) is 0.261. The third-order valence-corrected chi connectivity index (χ3v) is 5.19. The Balaban J connectivity index is 1.26. The monoisotopic (exact) mass is 404 g/mol. The Bertz CT molecular complexity index is 1050. The molecule has 0 saturated heterocycles. The summed E-state index contributed by atoms with van der Waals surface area (Å²) < 4.78 is 0. The summed E-state index contributed by atoms with van der Waals surface area (Å²) in [4.78, 5) is 39.4. The summed E-state index contributed by atoms with van der Waals surface area (Å²) in [6, 6.07) is 16.5. The van der Waals surface area contributed by atoms with Crippen LogP contribution < -0.4 is 16.0 Å². The lowest BCUT2D eigenvalue weighted by molar-refractivity contribution is -0.120. The van der Waals surface area contributed by atoms with Crippen LogP contribution in [0.5, 0.6) is 0 Å². The quantitative estimate of drug-likeness (QED) is 0.486. The van der Waals surface area contributed by atoms with Gasteiger partial charge in [-0.2, -0.15) is 0 Å². The average Bonchev–Trinajstić information content (AvgIpc) is 3.51. The van der Waals surface area contributed by atoms with E-state index in [1.807, 2.05) is 55.5 Å². The number of hydrogen-bond donors (Lipinski definition) is 4. The Morgan fingerprint density at radius 2 is 1.80 bits per heavy atom. The molecule has 1 saturated carbocycles. The first-order valence-corrected chi connectivity index (χ1v) is 10.1. The second kappa shape index (κ2) is 8.41. The van der Waals surface area contributed by atoms with Gasteiger partial charge in [0.25, 0.3) is 5.91 Å². The fourth-order valence-corrected chi connectivity index (χ4v) is 3.27. The molecule has 0 radical (unpaired) electrons. The first kappa shape index (κ1) is 19.7. The van der Waals surface area contributed by atoms with Crippen LogP contribution >= 0.6 is 0 Å². The maximum Gasteiger partial charge on any atom is 0.268 e. The molecule has 4 rings (SSSR count). The number of carbonyl (C=O) groups excluding carboxylic acids is 3. The van der Waals surface area contributed by atoms with Crippen molar-refractivity contribution in [3.05, 3.63) is 65.9 Å². The zero-order chi connectivity index (χ0) is 21.1. The molecule has 0 bridgehead atoms. The van der Waals surface area contributed by atoms with E-state index in [1.165, 1.54) is 0 Å². The Hall–Kier alpha value is -3.61. The number of aromatic nitrogens is 1. The van der Waals surface area contributed by atoms with Crippen LogP contribution in [0.2, 0.25) is 0 Å². The van der Waals surface area contributed by atoms with Crippen LogP contribution in [0, 0.1) is 5.92 Å². The molecule has 154 valence electrons. The highest BCUT2D eigenvalue weighted by atomic mass is 16.2. The highest BCUT2D eigenvalue weighted by Gasteiger charge is 2.29. The van der Waals surface area contributed by atoms with Gasteiger partial charge >= 0.3 is 0 Å². The average molecular weight is 404 g/mol. The minimum Gasteiger partial charge on any atom is -0.351 e. The molecule has 4 N–H and O–H groups in total. The van der Waals surface area contributed by atoms with Crippen molar-refractivity contribution in [3.8, 4) is 0 Å². The van der Waals surface area contributed by atoms with Crippen LogP contribution in [0.25, 0.3) is 10.9 Å². The largest absolute Gasteiger partial charge is 0.351 e. The van der Waals surface area contributed by atoms with Gasteiger partial charge in [0.05, 0.1) is 12.6 Å². The van der Waals surface area contributed by atoms with E-state index < -0.39 is 0 Å². The van der Waals surface area contributed by atoms with Crippen molar-refractivity contribution in [1.29, 1.82) is 0 Å². The third kappa shape index (κ3) is 4.68. The van der Waals surface area contributed by atoms with Crippen molar-refractivity contribution in [3.63, 3.8) is 0 Å². The van der Waals surface area contributed by atoms with Crippen LogP contribution in [0.4, 0.5) is 5.69 Å². The number of amides is 3. The molecular formula is C23H24N4O3. The number of carbonyl (C=O) groups is 3. The van der Waals surface area contributed by atoms with E-state index in [2.05, 4.69) is 20.9 Å². The molecule has 30 heavy (non-hydrogen) atoms. The molecule has 1 fully saturated rings. The smallest absolute Gasteiger partial charge is 0.268 e. The lowest BCUT2D eigenvalue weighted by atomic mass is 10.1. The fourth-order valence-electron chi connectivity index (χ4n) is 3.27. The second-order valence-corrected chi connectivity index (χ2v) is 7.63. The molecule has 1 atom stereocenters. The molecule has 1 aliphatic rings. The van der Waals surface area contributed by atoms with Crippen molar-refractivity contribution in [2.75, 3.05) is 11.9 Å². The Morgan fingerprint density at radius 1 is 1.07 bits per heavy atom. The molecule has 3 aromatic rings. The standard InChI is InChI=1S/C23H24N4O3/c1-14(15-8-10-18(11-9-15)26-22(29)16-6-7-16)25-21(28)13-24-23(30)20-12-17-4-2-3-5-19(17)27-20/h2-5,8-12,14,16,27H,6-7,13H2,1H3,(H,24,30)(H,25,28)(H,26,29). The summed E-state index contributed by atoms with van der Waals surface area (Å²) in [5.74, 6) is -0.389. The molecule has 2 aromatic carbocycles. The first-order chi connectivity index (χ1) is 14.5. The minimum atomic E-state index is -0.329. The molecule has 7 nitrogen and oxygen atoms in total. The van der Waals surface area contributed by atoms with E-state index in [9.17, 15) is 14.4 Å². The number of nitrogens with one attached hydrogen (secondary N) is 4. The first-order valence-electron chi connectivity index (χ1n) is 10.1. The predicted molar refractivity (Wildman–Crippen MR) is 115 cm³/mol. The minimum absolute atomic E-state index is 0.0646. The summed E-state index contributed by atoms with van der Waals surface area (Å²) in [7, 11) is 0. The van der Waals surface area contributed by atoms with Gasteiger partial charge in [0, 0.05) is 22.5 Å². The normalized spacial score (nSPS) is 14.2. The highest BCUT2D eigenvalue weighted by Crippen LogP contribution is 2.30. The van der Waals surface area contributed by atoms with Crippen LogP contribution in [-0.2, 0) is 9.59 Å². The lowest BCUT2D eigenvalue weighted by Crippen LogP contribution is -2.38. The van der Waals surface area contributed by atoms with Gasteiger partial charge in [0.1, 0.15) is 5.69 Å². The van der Waals surface area contributed by atoms with Crippen molar-refractivity contribution in [2.45, 2.75) is 25.8 Å². The van der Waals surface area contributed by atoms with Gasteiger partial charge in [-0.05, 0) is 49.6 Å². The van der Waals surface area contributed by atoms with Gasteiger partial charge in [-0.15, -0.1) is 0 Å². The maximum atomic E-state index is 12.3. The number of aromatic amines is 1. The van der Waals surface area contributed by atoms with Crippen molar-refractivity contribution < 1.29 is 14.4 Å². The topological polar surface area (TPSA) is 103 Å². The van der Waals surface area contributed by atoms with Gasteiger partial charge in [-0.3, -0.25) is 14.4 Å². The van der Waals surface area contributed by atoms with Crippen molar-refractivity contribution in [2.24, 2.45) is 5.92 Å². The third-order valence-electron chi connectivity index (χ3n) is 5.19. The van der Waals surface area contributed by atoms with E-state index in [-0.39, 0.29) is 36.2 Å². The van der Waals surface area contributed by atoms with E-state index in [0.29, 0.717) is 5.69 Å². The second-order valence-electron chi connectivity index (χ2n) is 7.63. The van der Waals surface area contributed by atoms with E-state index >= 15 is 0 Å². The van der Waals surface area contributed by atoms with Crippen LogP contribution in [0.1, 0.15) is 41.9 Å². The van der Waals surface area contributed by atoms with Crippen LogP contribution in [-0.4, -0.2) is 29.3 Å². The van der Waals surface area contributed by atoms with Gasteiger partial charge in [0.15, 0.2) is 0 Å². The summed E-state index contributed by atoms with van der Waals surface area (Å²) in [6.07, 6.45) is 1.92. The number of para-hydroxylation sites is 1. The zero-order valence-corrected chi connectivity index (χ0v) is 16.7. The summed E-state index contributed by atoms with van der Waals surface area (Å²) >= 11 is 0. The van der Waals surface area contributed by atoms with Crippen molar-refractivity contribution in [1.82, 2.24) is 15.6 Å². The summed E-state index contributed by atoms with van der Waals surface area (Å²) in [5.41, 5.74) is 2.95. The Kier molecular flexibility index (Phi) is 5.52. The lowest BCUT2D eigenvalue weighted by Gasteiger charge is -2.15. The number of benzene rings is 2. The zero-order valence-electron chi connectivity index (χ0n) is 16.7. The molecular weight excluding hydrogens is 380 g/mol. The highest BCUT2D eigenvalue weighted by molar-refractivity contribution is 5.99. The number of rotatable bonds is 7. The van der Waals surface area contributed by atoms with Gasteiger partial charge in [0.2, 0.25) is 11.8 Å². The molecule has 0 aliphatic heterocycles. The van der Waals surface area contributed by atoms with E-state index in [0.717, 1.165) is 35.0 Å². The van der Waals surface area contributed by atoms with Gasteiger partial charge in [-0.1, -0.05) is 30.3 Å². The number of fused-ring (bicyclic) bond motifs is 1. The Morgan fingerprint density at radius 3 is 2.50 bits per heavy atom. The van der Waals surface area contributed by atoms with Gasteiger partial charge in [-0.25, -0.2) is 0 Å². The predicted octanol–water partition coefficient (Wildman–Crippen LogP) is 3.12. The molecule has 1 aromatic heterocycles. The number of hydrogen-bond acceptors (Lipinski definition) is 3. The molecule has 0 spiro atoms. The molecule has 1 heterocycles. The SMILES string of the molecule is CC(NC(=O)CNC(=O)c1cc2ccccc2[nH]1)c1ccc(NC(=O)C2CC2)cc1. The molecule has 3 amide bonds. The van der Waals surface area contributed by atoms with Crippen molar-refractivity contribution >= 4 is 34.3 Å². The maximum absolute atomic E-state index is 12.3. The number of anilines is 1. The van der Waals surface area contributed by atoms with E-state index in [4.69, 9.17) is 0 Å². The summed E-state index contributed by atoms with van der Waals surface area (Å²) in [5, 5.41) is 9.33. The summed E-state index contributed by atoms with van der Waals surface area (Å²) in [6.45, 7) is 1.75.